The number of benzene rings is 2. The Labute approximate surface area is 178 Å². The van der Waals surface area contributed by atoms with E-state index in [-0.39, 0.29) is 6.04 Å². The van der Waals surface area contributed by atoms with Crippen molar-refractivity contribution < 1.29 is 19.4 Å². The topological polar surface area (TPSA) is 116 Å². The Morgan fingerprint density at radius 1 is 1.03 bits per heavy atom. The number of carbonyl (C=O) groups excluding carboxylic acids is 1. The number of aryl methyl sites for hydroxylation is 1. The van der Waals surface area contributed by atoms with Gasteiger partial charge in [-0.2, -0.15) is 0 Å². The van der Waals surface area contributed by atoms with Crippen LogP contribution < -0.4 is 11.5 Å². The van der Waals surface area contributed by atoms with E-state index in [4.69, 9.17) is 16.2 Å². The first kappa shape index (κ1) is 23.6. The van der Waals surface area contributed by atoms with Gasteiger partial charge in [0, 0.05) is 12.1 Å². The lowest BCUT2D eigenvalue weighted by Gasteiger charge is -2.25. The van der Waals surface area contributed by atoms with Crippen molar-refractivity contribution >= 4 is 11.9 Å². The summed E-state index contributed by atoms with van der Waals surface area (Å²) in [5, 5.41) is 9.51. The first-order chi connectivity index (χ1) is 14.0. The molecule has 3 atom stereocenters. The molecule has 6 heteroatoms. The quantitative estimate of drug-likeness (QED) is 0.450. The molecule has 0 fully saturated rings. The first-order valence-electron chi connectivity index (χ1n) is 10.1. The van der Waals surface area contributed by atoms with E-state index in [0.717, 1.165) is 22.3 Å². The molecule has 0 saturated heterocycles. The number of carbonyl (C=O) groups is 2. The van der Waals surface area contributed by atoms with E-state index in [1.165, 1.54) is 0 Å². The van der Waals surface area contributed by atoms with Crippen molar-refractivity contribution in [3.8, 4) is 11.1 Å². The highest BCUT2D eigenvalue weighted by Gasteiger charge is 2.36. The normalized spacial score (nSPS) is 14.6. The van der Waals surface area contributed by atoms with Gasteiger partial charge in [-0.05, 0) is 68.9 Å². The van der Waals surface area contributed by atoms with Crippen molar-refractivity contribution in [2.24, 2.45) is 17.4 Å². The maximum absolute atomic E-state index is 12.3. The maximum Gasteiger partial charge on any atom is 0.322 e. The van der Waals surface area contributed by atoms with Crippen molar-refractivity contribution in [2.45, 2.75) is 58.2 Å². The maximum atomic E-state index is 12.3. The van der Waals surface area contributed by atoms with Crippen LogP contribution in [0, 0.1) is 5.92 Å². The van der Waals surface area contributed by atoms with E-state index in [0.29, 0.717) is 12.8 Å². The van der Waals surface area contributed by atoms with Crippen molar-refractivity contribution in [2.75, 3.05) is 0 Å². The third-order valence-electron chi connectivity index (χ3n) is 4.85. The Balaban J connectivity index is 2.18. The fourth-order valence-electron chi connectivity index (χ4n) is 3.37. The van der Waals surface area contributed by atoms with Gasteiger partial charge in [0.2, 0.25) is 0 Å². The Morgan fingerprint density at radius 2 is 1.67 bits per heavy atom. The molecule has 0 aliphatic rings. The zero-order valence-corrected chi connectivity index (χ0v) is 18.1. The minimum Gasteiger partial charge on any atom is -0.481 e. The molecule has 0 heterocycles. The Hall–Kier alpha value is -2.70. The highest BCUT2D eigenvalue weighted by molar-refractivity contribution is 5.95. The molecule has 0 saturated carbocycles. The SMILES string of the molecule is CC(N)c1cc(-c2ccccc2)ccc1CCC(N)C(C(=O)O)C(=O)OC(C)(C)C. The molecular weight excluding hydrogens is 380 g/mol. The number of hydrogen-bond acceptors (Lipinski definition) is 5. The van der Waals surface area contributed by atoms with Gasteiger partial charge in [0.05, 0.1) is 0 Å². The van der Waals surface area contributed by atoms with Gasteiger partial charge < -0.3 is 21.3 Å². The second-order valence-electron chi connectivity index (χ2n) is 8.62. The largest absolute Gasteiger partial charge is 0.481 e. The van der Waals surface area contributed by atoms with Crippen molar-refractivity contribution in [1.29, 1.82) is 0 Å². The Bertz CT molecular complexity index is 873. The predicted molar refractivity (Wildman–Crippen MR) is 118 cm³/mol. The fraction of sp³-hybridized carbons (Fsp3) is 0.417. The lowest BCUT2D eigenvalue weighted by atomic mass is 9.90. The highest BCUT2D eigenvalue weighted by atomic mass is 16.6. The third-order valence-corrected chi connectivity index (χ3v) is 4.85. The number of carboxylic acid groups (broad SMARTS) is 1. The van der Waals surface area contributed by atoms with Crippen molar-refractivity contribution in [1.82, 2.24) is 0 Å². The van der Waals surface area contributed by atoms with Gasteiger partial charge in [-0.1, -0.05) is 42.5 Å². The molecule has 30 heavy (non-hydrogen) atoms. The second kappa shape index (κ2) is 9.87. The summed E-state index contributed by atoms with van der Waals surface area (Å²) in [6.07, 6.45) is 0.834. The summed E-state index contributed by atoms with van der Waals surface area (Å²) in [6.45, 7) is 6.99. The van der Waals surface area contributed by atoms with Crippen LogP contribution in [-0.4, -0.2) is 28.7 Å². The molecule has 2 rings (SSSR count). The minimum atomic E-state index is -1.41. The summed E-state index contributed by atoms with van der Waals surface area (Å²) in [5.74, 6) is -3.50. The average Bonchev–Trinajstić information content (AvgIpc) is 2.65. The molecule has 0 radical (unpaired) electrons. The van der Waals surface area contributed by atoms with E-state index >= 15 is 0 Å². The number of carboxylic acids is 1. The number of nitrogens with two attached hydrogens (primary N) is 2. The van der Waals surface area contributed by atoms with Crippen LogP contribution in [0.2, 0.25) is 0 Å². The molecule has 6 nitrogen and oxygen atoms in total. The van der Waals surface area contributed by atoms with Crippen LogP contribution in [0.25, 0.3) is 11.1 Å². The van der Waals surface area contributed by atoms with Gasteiger partial charge in [0.1, 0.15) is 5.60 Å². The number of aliphatic carboxylic acids is 1. The molecule has 5 N–H and O–H groups in total. The number of ether oxygens (including phenoxy) is 1. The van der Waals surface area contributed by atoms with Gasteiger partial charge in [-0.25, -0.2) is 0 Å². The molecule has 0 spiro atoms. The average molecular weight is 413 g/mol. The van der Waals surface area contributed by atoms with Gasteiger partial charge in [0.15, 0.2) is 5.92 Å². The van der Waals surface area contributed by atoms with E-state index in [1.807, 2.05) is 49.4 Å². The lowest BCUT2D eigenvalue weighted by Crippen LogP contribution is -2.44. The summed E-state index contributed by atoms with van der Waals surface area (Å²) in [4.78, 5) is 24.0. The molecule has 162 valence electrons. The molecule has 2 aromatic carbocycles. The van der Waals surface area contributed by atoms with Crippen LogP contribution in [-0.2, 0) is 20.7 Å². The fourth-order valence-corrected chi connectivity index (χ4v) is 3.37. The van der Waals surface area contributed by atoms with Gasteiger partial charge in [0.25, 0.3) is 0 Å². The van der Waals surface area contributed by atoms with Crippen LogP contribution in [0.15, 0.2) is 48.5 Å². The molecule has 0 aliphatic carbocycles. The molecule has 2 aromatic rings. The standard InChI is InChI=1S/C24H32N2O4/c1-15(25)19-14-18(16-8-6-5-7-9-16)11-10-17(19)12-13-20(26)21(22(27)28)23(29)30-24(2,3)4/h5-11,14-15,20-21H,12-13,25-26H2,1-4H3,(H,27,28). The number of esters is 1. The zero-order valence-electron chi connectivity index (χ0n) is 18.1. The van der Waals surface area contributed by atoms with E-state index in [1.54, 1.807) is 20.8 Å². The Kier molecular flexibility index (Phi) is 7.76. The first-order valence-corrected chi connectivity index (χ1v) is 10.1. The monoisotopic (exact) mass is 412 g/mol. The van der Waals surface area contributed by atoms with Crippen LogP contribution >= 0.6 is 0 Å². The third kappa shape index (κ3) is 6.40. The molecular formula is C24H32N2O4. The van der Waals surface area contributed by atoms with Crippen molar-refractivity contribution in [3.63, 3.8) is 0 Å². The molecule has 0 aromatic heterocycles. The molecule has 0 amide bonds. The van der Waals surface area contributed by atoms with Crippen LogP contribution in [0.5, 0.6) is 0 Å². The van der Waals surface area contributed by atoms with E-state index in [9.17, 15) is 14.7 Å². The minimum absolute atomic E-state index is 0.194. The Morgan fingerprint density at radius 3 is 2.20 bits per heavy atom. The summed E-state index contributed by atoms with van der Waals surface area (Å²) in [6, 6.07) is 15.0. The zero-order chi connectivity index (χ0) is 22.5. The van der Waals surface area contributed by atoms with Crippen molar-refractivity contribution in [3.05, 3.63) is 59.7 Å². The highest BCUT2D eigenvalue weighted by Crippen LogP contribution is 2.27. The van der Waals surface area contributed by atoms with Gasteiger partial charge in [-0.15, -0.1) is 0 Å². The summed E-state index contributed by atoms with van der Waals surface area (Å²) in [7, 11) is 0. The van der Waals surface area contributed by atoms with Gasteiger partial charge >= 0.3 is 11.9 Å². The predicted octanol–water partition coefficient (Wildman–Crippen LogP) is 3.68. The van der Waals surface area contributed by atoms with Crippen LogP contribution in [0.1, 0.15) is 51.3 Å². The van der Waals surface area contributed by atoms with Crippen LogP contribution in [0.3, 0.4) is 0 Å². The summed E-state index contributed by atoms with van der Waals surface area (Å²) < 4.78 is 5.24. The second-order valence-corrected chi connectivity index (χ2v) is 8.62. The molecule has 0 bridgehead atoms. The van der Waals surface area contributed by atoms with E-state index in [2.05, 4.69) is 6.07 Å². The smallest absolute Gasteiger partial charge is 0.322 e. The molecule has 0 aliphatic heterocycles. The van der Waals surface area contributed by atoms with Crippen LogP contribution in [0.4, 0.5) is 0 Å². The summed E-state index contributed by atoms with van der Waals surface area (Å²) >= 11 is 0. The van der Waals surface area contributed by atoms with E-state index < -0.39 is 29.5 Å². The number of rotatable bonds is 8. The molecule has 3 unspecified atom stereocenters. The lowest BCUT2D eigenvalue weighted by molar-refractivity contribution is -0.167. The summed E-state index contributed by atoms with van der Waals surface area (Å²) in [5.41, 5.74) is 15.7. The number of hydrogen-bond donors (Lipinski definition) is 3. The van der Waals surface area contributed by atoms with Gasteiger partial charge in [-0.3, -0.25) is 9.59 Å².